The second-order valence-corrected chi connectivity index (χ2v) is 4.52. The number of nitrogens with one attached hydrogen (secondary N) is 1. The van der Waals surface area contributed by atoms with E-state index in [1.54, 1.807) is 22.6 Å². The molecular formula is C11H15N3O3S. The fourth-order valence-corrected chi connectivity index (χ4v) is 2.22. The monoisotopic (exact) mass is 269 g/mol. The number of hydrogen-bond donors (Lipinski definition) is 1. The van der Waals surface area contributed by atoms with Gasteiger partial charge < -0.3 is 14.2 Å². The van der Waals surface area contributed by atoms with Crippen molar-refractivity contribution in [2.45, 2.75) is 13.0 Å². The summed E-state index contributed by atoms with van der Waals surface area (Å²) < 4.78 is 7.06. The Morgan fingerprint density at radius 2 is 2.17 bits per heavy atom. The third-order valence-electron chi connectivity index (χ3n) is 2.95. The first-order valence-electron chi connectivity index (χ1n) is 5.77. The van der Waals surface area contributed by atoms with Crippen LogP contribution >= 0.6 is 12.2 Å². The van der Waals surface area contributed by atoms with Crippen molar-refractivity contribution in [3.05, 3.63) is 27.4 Å². The summed E-state index contributed by atoms with van der Waals surface area (Å²) in [5, 5.41) is 0. The summed E-state index contributed by atoms with van der Waals surface area (Å²) in [6.45, 7) is 4.09. The molecule has 1 aromatic rings. The van der Waals surface area contributed by atoms with Crippen molar-refractivity contribution in [3.63, 3.8) is 0 Å². The SMILES string of the molecule is CC(C(=O)N1CCOCC1)n1ccc(=O)[nH]c1=S. The average molecular weight is 269 g/mol. The van der Waals surface area contributed by atoms with Gasteiger partial charge in [-0.25, -0.2) is 0 Å². The molecule has 0 bridgehead atoms. The van der Waals surface area contributed by atoms with Crippen LogP contribution in [0.15, 0.2) is 17.1 Å². The molecule has 1 unspecified atom stereocenters. The van der Waals surface area contributed by atoms with Gasteiger partial charge in [0, 0.05) is 25.4 Å². The van der Waals surface area contributed by atoms with E-state index in [4.69, 9.17) is 17.0 Å². The average Bonchev–Trinajstić information content (AvgIpc) is 2.38. The number of morpholine rings is 1. The lowest BCUT2D eigenvalue weighted by Crippen LogP contribution is -2.43. The number of carbonyl (C=O) groups is 1. The minimum absolute atomic E-state index is 0.0125. The zero-order chi connectivity index (χ0) is 13.1. The number of H-pyrrole nitrogens is 1. The Hall–Kier alpha value is -1.47. The molecule has 1 saturated heterocycles. The summed E-state index contributed by atoms with van der Waals surface area (Å²) in [6.07, 6.45) is 1.55. The summed E-state index contributed by atoms with van der Waals surface area (Å²) in [5.74, 6) is -0.0125. The first-order valence-corrected chi connectivity index (χ1v) is 6.18. The Morgan fingerprint density at radius 3 is 2.78 bits per heavy atom. The van der Waals surface area contributed by atoms with Crippen LogP contribution < -0.4 is 5.56 Å². The van der Waals surface area contributed by atoms with Gasteiger partial charge in [0.2, 0.25) is 5.91 Å². The van der Waals surface area contributed by atoms with Crippen LogP contribution in [0.25, 0.3) is 0 Å². The van der Waals surface area contributed by atoms with E-state index in [1.807, 2.05) is 0 Å². The number of ether oxygens (including phenoxy) is 1. The molecule has 0 aromatic carbocycles. The van der Waals surface area contributed by atoms with Crippen molar-refractivity contribution >= 4 is 18.1 Å². The van der Waals surface area contributed by atoms with Crippen molar-refractivity contribution in [2.24, 2.45) is 0 Å². The predicted octanol–water partition coefficient (Wildman–Crippen LogP) is 0.326. The van der Waals surface area contributed by atoms with Crippen molar-refractivity contribution in [3.8, 4) is 0 Å². The van der Waals surface area contributed by atoms with Gasteiger partial charge in [0.25, 0.3) is 5.56 Å². The molecule has 7 heteroatoms. The maximum absolute atomic E-state index is 12.2. The predicted molar refractivity (Wildman–Crippen MR) is 68.0 cm³/mol. The van der Waals surface area contributed by atoms with Gasteiger partial charge in [0.1, 0.15) is 6.04 Å². The smallest absolute Gasteiger partial charge is 0.251 e. The van der Waals surface area contributed by atoms with Crippen LogP contribution in [-0.4, -0.2) is 46.7 Å². The molecule has 0 radical (unpaired) electrons. The van der Waals surface area contributed by atoms with Gasteiger partial charge in [-0.3, -0.25) is 14.6 Å². The van der Waals surface area contributed by atoms with Crippen LogP contribution in [0.3, 0.4) is 0 Å². The fraction of sp³-hybridized carbons (Fsp3) is 0.545. The highest BCUT2D eigenvalue weighted by Crippen LogP contribution is 2.11. The van der Waals surface area contributed by atoms with Crippen LogP contribution in [0.2, 0.25) is 0 Å². The number of hydrogen-bond acceptors (Lipinski definition) is 4. The maximum Gasteiger partial charge on any atom is 0.251 e. The van der Waals surface area contributed by atoms with Crippen molar-refractivity contribution < 1.29 is 9.53 Å². The molecule has 1 amide bonds. The highest BCUT2D eigenvalue weighted by molar-refractivity contribution is 7.71. The molecule has 1 fully saturated rings. The number of rotatable bonds is 2. The van der Waals surface area contributed by atoms with Gasteiger partial charge in [-0.1, -0.05) is 0 Å². The molecule has 98 valence electrons. The highest BCUT2D eigenvalue weighted by Gasteiger charge is 2.23. The Bertz CT molecular complexity index is 545. The zero-order valence-corrected chi connectivity index (χ0v) is 10.9. The second kappa shape index (κ2) is 5.45. The van der Waals surface area contributed by atoms with Crippen LogP contribution in [-0.2, 0) is 9.53 Å². The summed E-state index contributed by atoms with van der Waals surface area (Å²) in [7, 11) is 0. The first kappa shape index (κ1) is 13.0. The van der Waals surface area contributed by atoms with Gasteiger partial charge in [0.15, 0.2) is 4.77 Å². The first-order chi connectivity index (χ1) is 8.59. The summed E-state index contributed by atoms with van der Waals surface area (Å²) in [5.41, 5.74) is -0.262. The van der Waals surface area contributed by atoms with Crippen LogP contribution in [0.4, 0.5) is 0 Å². The van der Waals surface area contributed by atoms with Crippen molar-refractivity contribution in [1.29, 1.82) is 0 Å². The summed E-state index contributed by atoms with van der Waals surface area (Å²) >= 11 is 5.05. The van der Waals surface area contributed by atoms with Crippen LogP contribution in [0.1, 0.15) is 13.0 Å². The number of aromatic nitrogens is 2. The van der Waals surface area contributed by atoms with E-state index >= 15 is 0 Å². The standard InChI is InChI=1S/C11H15N3O3S/c1-8(10(16)13-4-6-17-7-5-13)14-3-2-9(15)12-11(14)18/h2-3,8H,4-7H2,1H3,(H,12,15,18). The lowest BCUT2D eigenvalue weighted by Gasteiger charge is -2.29. The van der Waals surface area contributed by atoms with Gasteiger partial charge in [0.05, 0.1) is 13.2 Å². The van der Waals surface area contributed by atoms with E-state index < -0.39 is 6.04 Å². The number of amides is 1. The third kappa shape index (κ3) is 2.68. The lowest BCUT2D eigenvalue weighted by molar-refractivity contribution is -0.138. The third-order valence-corrected chi connectivity index (χ3v) is 3.26. The molecule has 2 heterocycles. The normalized spacial score (nSPS) is 17.5. The van der Waals surface area contributed by atoms with Crippen molar-refractivity contribution in [1.82, 2.24) is 14.5 Å². The Morgan fingerprint density at radius 1 is 1.50 bits per heavy atom. The molecule has 0 aliphatic carbocycles. The lowest BCUT2D eigenvalue weighted by atomic mass is 10.2. The van der Waals surface area contributed by atoms with Crippen LogP contribution in [0, 0.1) is 4.77 Å². The molecule has 18 heavy (non-hydrogen) atoms. The molecule has 1 aliphatic rings. The topological polar surface area (TPSA) is 67.3 Å². The molecule has 1 aromatic heterocycles. The van der Waals surface area contributed by atoms with E-state index in [9.17, 15) is 9.59 Å². The number of aromatic amines is 1. The van der Waals surface area contributed by atoms with Crippen molar-refractivity contribution in [2.75, 3.05) is 26.3 Å². The van der Waals surface area contributed by atoms with Gasteiger partial charge in [-0.15, -0.1) is 0 Å². The van der Waals surface area contributed by atoms with Gasteiger partial charge in [-0.2, -0.15) is 0 Å². The minimum atomic E-state index is -0.424. The Labute approximate surface area is 109 Å². The van der Waals surface area contributed by atoms with E-state index in [0.29, 0.717) is 26.3 Å². The fourth-order valence-electron chi connectivity index (χ4n) is 1.90. The quantitative estimate of drug-likeness (QED) is 0.785. The molecule has 0 spiro atoms. The highest BCUT2D eigenvalue weighted by atomic mass is 32.1. The van der Waals surface area contributed by atoms with E-state index in [2.05, 4.69) is 4.98 Å². The Kier molecular flexibility index (Phi) is 3.93. The molecule has 1 atom stereocenters. The zero-order valence-electron chi connectivity index (χ0n) is 10.1. The van der Waals surface area contributed by atoms with Crippen LogP contribution in [0.5, 0.6) is 0 Å². The minimum Gasteiger partial charge on any atom is -0.378 e. The molecule has 0 saturated carbocycles. The summed E-state index contributed by atoms with van der Waals surface area (Å²) in [6, 6.07) is 0.936. The summed E-state index contributed by atoms with van der Waals surface area (Å²) in [4.78, 5) is 27.6. The van der Waals surface area contributed by atoms with E-state index in [1.165, 1.54) is 6.07 Å². The van der Waals surface area contributed by atoms with E-state index in [0.717, 1.165) is 0 Å². The molecule has 1 N–H and O–H groups in total. The van der Waals surface area contributed by atoms with Gasteiger partial charge in [-0.05, 0) is 19.1 Å². The molecular weight excluding hydrogens is 254 g/mol. The van der Waals surface area contributed by atoms with E-state index in [-0.39, 0.29) is 16.2 Å². The van der Waals surface area contributed by atoms with Gasteiger partial charge >= 0.3 is 0 Å². The second-order valence-electron chi connectivity index (χ2n) is 4.13. The number of carbonyl (C=O) groups excluding carboxylic acids is 1. The molecule has 6 nitrogen and oxygen atoms in total. The molecule has 1 aliphatic heterocycles. The number of nitrogens with zero attached hydrogens (tertiary/aromatic N) is 2. The Balaban J connectivity index is 2.19. The molecule has 2 rings (SSSR count). The maximum atomic E-state index is 12.2. The largest absolute Gasteiger partial charge is 0.378 e.